The highest BCUT2D eigenvalue weighted by atomic mass is 35.5. The summed E-state index contributed by atoms with van der Waals surface area (Å²) in [5.74, 6) is 2.32. The molecule has 1 fully saturated rings. The Morgan fingerprint density at radius 3 is 2.88 bits per heavy atom. The molecular formula is C11H13ClN2O2S. The van der Waals surface area contributed by atoms with Crippen molar-refractivity contribution < 1.29 is 4.92 Å². The van der Waals surface area contributed by atoms with Crippen molar-refractivity contribution in [3.8, 4) is 0 Å². The number of nitro groups is 1. The maximum atomic E-state index is 10.9. The number of nitrogens with one attached hydrogen (secondary N) is 1. The quantitative estimate of drug-likeness (QED) is 0.661. The van der Waals surface area contributed by atoms with E-state index in [0.29, 0.717) is 22.3 Å². The minimum Gasteiger partial charge on any atom is -0.316 e. The summed E-state index contributed by atoms with van der Waals surface area (Å²) in [6.45, 7) is 2.11. The van der Waals surface area contributed by atoms with E-state index in [0.717, 1.165) is 18.8 Å². The Labute approximate surface area is 109 Å². The van der Waals surface area contributed by atoms with Crippen LogP contribution in [-0.4, -0.2) is 23.8 Å². The van der Waals surface area contributed by atoms with Crippen LogP contribution in [0.4, 0.5) is 5.69 Å². The molecule has 17 heavy (non-hydrogen) atoms. The number of benzene rings is 1. The van der Waals surface area contributed by atoms with E-state index in [-0.39, 0.29) is 10.6 Å². The van der Waals surface area contributed by atoms with Crippen molar-refractivity contribution in [3.63, 3.8) is 0 Å². The Kier molecular flexibility index (Phi) is 4.25. The molecule has 1 aromatic carbocycles. The van der Waals surface area contributed by atoms with E-state index in [4.69, 9.17) is 11.6 Å². The Morgan fingerprint density at radius 2 is 2.29 bits per heavy atom. The Bertz CT molecular complexity index is 424. The van der Waals surface area contributed by atoms with Crippen LogP contribution in [0.5, 0.6) is 0 Å². The van der Waals surface area contributed by atoms with Crippen LogP contribution in [0.2, 0.25) is 5.02 Å². The first kappa shape index (κ1) is 12.7. The summed E-state index contributed by atoms with van der Waals surface area (Å²) in [6.07, 6.45) is 0. The van der Waals surface area contributed by atoms with E-state index in [2.05, 4.69) is 5.32 Å². The molecule has 0 aromatic heterocycles. The van der Waals surface area contributed by atoms with Gasteiger partial charge in [0.2, 0.25) is 0 Å². The van der Waals surface area contributed by atoms with E-state index in [1.807, 2.05) is 0 Å². The van der Waals surface area contributed by atoms with Gasteiger partial charge in [0.05, 0.1) is 15.5 Å². The van der Waals surface area contributed by atoms with Crippen LogP contribution < -0.4 is 5.32 Å². The second kappa shape index (κ2) is 5.71. The fourth-order valence-electron chi connectivity index (χ4n) is 1.66. The topological polar surface area (TPSA) is 55.2 Å². The molecule has 1 aromatic rings. The summed E-state index contributed by atoms with van der Waals surface area (Å²) in [7, 11) is 0. The summed E-state index contributed by atoms with van der Waals surface area (Å²) in [4.78, 5) is 10.5. The van der Waals surface area contributed by atoms with E-state index < -0.39 is 0 Å². The van der Waals surface area contributed by atoms with Crippen LogP contribution in [0.3, 0.4) is 0 Å². The van der Waals surface area contributed by atoms with Gasteiger partial charge in [-0.15, -0.1) is 0 Å². The molecule has 6 heteroatoms. The fourth-order valence-corrected chi connectivity index (χ4v) is 3.17. The van der Waals surface area contributed by atoms with Gasteiger partial charge in [0.25, 0.3) is 5.69 Å². The Morgan fingerprint density at radius 1 is 1.53 bits per heavy atom. The van der Waals surface area contributed by atoms with Crippen LogP contribution >= 0.6 is 23.4 Å². The van der Waals surface area contributed by atoms with E-state index in [9.17, 15) is 10.1 Å². The molecule has 1 saturated heterocycles. The number of nitro benzene ring substituents is 1. The lowest BCUT2D eigenvalue weighted by atomic mass is 10.1. The minimum atomic E-state index is -0.368. The zero-order chi connectivity index (χ0) is 12.3. The third kappa shape index (κ3) is 3.12. The first-order valence-electron chi connectivity index (χ1n) is 5.38. The molecule has 0 spiro atoms. The van der Waals surface area contributed by atoms with Crippen molar-refractivity contribution in [1.29, 1.82) is 0 Å². The summed E-state index contributed by atoms with van der Waals surface area (Å²) in [5.41, 5.74) is 0.758. The standard InChI is InChI=1S/C11H13ClN2O2S/c12-10-2-1-3-11(14(15)16)9(10)7-17-6-8-4-13-5-8/h1-3,8,13H,4-7H2. The normalized spacial score (nSPS) is 15.6. The fraction of sp³-hybridized carbons (Fsp3) is 0.455. The van der Waals surface area contributed by atoms with Gasteiger partial charge in [0, 0.05) is 11.8 Å². The predicted octanol–water partition coefficient (Wildman–Crippen LogP) is 2.70. The van der Waals surface area contributed by atoms with Crippen molar-refractivity contribution >= 4 is 29.1 Å². The third-order valence-corrected chi connectivity index (χ3v) is 4.31. The number of thioether (sulfide) groups is 1. The summed E-state index contributed by atoms with van der Waals surface area (Å²) in [6, 6.07) is 4.83. The molecule has 4 nitrogen and oxygen atoms in total. The monoisotopic (exact) mass is 272 g/mol. The average molecular weight is 273 g/mol. The molecule has 0 bridgehead atoms. The second-order valence-corrected chi connectivity index (χ2v) is 5.47. The molecule has 1 N–H and O–H groups in total. The minimum absolute atomic E-state index is 0.122. The van der Waals surface area contributed by atoms with E-state index in [1.54, 1.807) is 23.9 Å². The van der Waals surface area contributed by atoms with Gasteiger partial charge >= 0.3 is 0 Å². The molecule has 0 saturated carbocycles. The second-order valence-electron chi connectivity index (χ2n) is 4.03. The maximum Gasteiger partial charge on any atom is 0.274 e. The molecule has 0 radical (unpaired) electrons. The molecular weight excluding hydrogens is 260 g/mol. The Hall–Kier alpha value is -0.780. The summed E-state index contributed by atoms with van der Waals surface area (Å²) >= 11 is 7.71. The van der Waals surface area contributed by atoms with Gasteiger partial charge in [-0.05, 0) is 30.8 Å². The van der Waals surface area contributed by atoms with Crippen LogP contribution in [0.25, 0.3) is 0 Å². The average Bonchev–Trinajstić information content (AvgIpc) is 2.23. The van der Waals surface area contributed by atoms with Crippen molar-refractivity contribution in [3.05, 3.63) is 38.9 Å². The molecule has 0 atom stereocenters. The zero-order valence-electron chi connectivity index (χ0n) is 9.19. The van der Waals surface area contributed by atoms with Gasteiger partial charge in [-0.1, -0.05) is 17.7 Å². The maximum absolute atomic E-state index is 10.9. The number of halogens is 1. The third-order valence-electron chi connectivity index (χ3n) is 2.76. The first-order valence-corrected chi connectivity index (χ1v) is 6.92. The highest BCUT2D eigenvalue weighted by Gasteiger charge is 2.19. The lowest BCUT2D eigenvalue weighted by Crippen LogP contribution is -2.43. The molecule has 1 aliphatic rings. The lowest BCUT2D eigenvalue weighted by molar-refractivity contribution is -0.385. The van der Waals surface area contributed by atoms with Crippen LogP contribution in [0.1, 0.15) is 5.56 Å². The number of nitrogens with zero attached hydrogens (tertiary/aromatic N) is 1. The molecule has 0 amide bonds. The smallest absolute Gasteiger partial charge is 0.274 e. The number of hydrogen-bond donors (Lipinski definition) is 1. The van der Waals surface area contributed by atoms with Crippen molar-refractivity contribution in [2.75, 3.05) is 18.8 Å². The molecule has 1 aliphatic heterocycles. The lowest BCUT2D eigenvalue weighted by Gasteiger charge is -2.26. The zero-order valence-corrected chi connectivity index (χ0v) is 10.8. The largest absolute Gasteiger partial charge is 0.316 e. The first-order chi connectivity index (χ1) is 8.18. The molecule has 0 aliphatic carbocycles. The molecule has 92 valence electrons. The van der Waals surface area contributed by atoms with Crippen LogP contribution in [0.15, 0.2) is 18.2 Å². The predicted molar refractivity (Wildman–Crippen MR) is 70.6 cm³/mol. The van der Waals surface area contributed by atoms with Crippen molar-refractivity contribution in [1.82, 2.24) is 5.32 Å². The highest BCUT2D eigenvalue weighted by Crippen LogP contribution is 2.30. The van der Waals surface area contributed by atoms with E-state index in [1.165, 1.54) is 6.07 Å². The van der Waals surface area contributed by atoms with Crippen LogP contribution in [0, 0.1) is 16.0 Å². The summed E-state index contributed by atoms with van der Waals surface area (Å²) < 4.78 is 0. The molecule has 2 rings (SSSR count). The Balaban J connectivity index is 2.00. The van der Waals surface area contributed by atoms with Gasteiger partial charge in [0.1, 0.15) is 0 Å². The van der Waals surface area contributed by atoms with E-state index >= 15 is 0 Å². The molecule has 0 unspecified atom stereocenters. The van der Waals surface area contributed by atoms with Gasteiger partial charge in [-0.25, -0.2) is 0 Å². The SMILES string of the molecule is O=[N+]([O-])c1cccc(Cl)c1CSCC1CNC1. The number of hydrogen-bond acceptors (Lipinski definition) is 4. The van der Waals surface area contributed by atoms with Gasteiger partial charge in [0.15, 0.2) is 0 Å². The van der Waals surface area contributed by atoms with Gasteiger partial charge in [-0.3, -0.25) is 10.1 Å². The van der Waals surface area contributed by atoms with Gasteiger partial charge in [-0.2, -0.15) is 11.8 Å². The van der Waals surface area contributed by atoms with Crippen LogP contribution in [-0.2, 0) is 5.75 Å². The highest BCUT2D eigenvalue weighted by molar-refractivity contribution is 7.98. The summed E-state index contributed by atoms with van der Waals surface area (Å²) in [5, 5.41) is 14.6. The van der Waals surface area contributed by atoms with Crippen molar-refractivity contribution in [2.24, 2.45) is 5.92 Å². The van der Waals surface area contributed by atoms with Gasteiger partial charge < -0.3 is 5.32 Å². The number of rotatable bonds is 5. The van der Waals surface area contributed by atoms with Crippen molar-refractivity contribution in [2.45, 2.75) is 5.75 Å². The molecule has 1 heterocycles.